The van der Waals surface area contributed by atoms with E-state index in [9.17, 15) is 0 Å². The van der Waals surface area contributed by atoms with Gasteiger partial charge in [0.1, 0.15) is 11.6 Å². The van der Waals surface area contributed by atoms with Gasteiger partial charge in [0.2, 0.25) is 0 Å². The van der Waals surface area contributed by atoms with Crippen LogP contribution in [0.3, 0.4) is 0 Å². The molecule has 0 atom stereocenters. The Hall–Kier alpha value is -2.69. The molecule has 0 amide bonds. The Bertz CT molecular complexity index is 812. The number of aromatic nitrogens is 3. The molecule has 0 N–H and O–H groups in total. The Morgan fingerprint density at radius 1 is 0.958 bits per heavy atom. The molecule has 4 rings (SSSR count). The van der Waals surface area contributed by atoms with Crippen molar-refractivity contribution in [2.24, 2.45) is 0 Å². The molecule has 0 unspecified atom stereocenters. The smallest absolute Gasteiger partial charge is 0.147 e. The van der Waals surface area contributed by atoms with Gasteiger partial charge >= 0.3 is 0 Å². The van der Waals surface area contributed by atoms with Crippen LogP contribution < -0.4 is 9.80 Å². The highest BCUT2D eigenvalue weighted by Gasteiger charge is 2.24. The molecule has 3 aromatic rings. The van der Waals surface area contributed by atoms with E-state index in [0.717, 1.165) is 48.6 Å². The largest absolute Gasteiger partial charge is 0.357 e. The summed E-state index contributed by atoms with van der Waals surface area (Å²) in [5, 5.41) is 0. The average Bonchev–Trinajstić information content (AvgIpc) is 2.68. The normalized spacial score (nSPS) is 15.6. The number of benzene rings is 1. The molecule has 122 valence electrons. The predicted octanol–water partition coefficient (Wildman–Crippen LogP) is 3.13. The first-order valence-electron chi connectivity index (χ1n) is 8.42. The van der Waals surface area contributed by atoms with Gasteiger partial charge in [-0.1, -0.05) is 18.2 Å². The number of pyridine rings is 1. The monoisotopic (exact) mass is 319 g/mol. The van der Waals surface area contributed by atoms with Crippen LogP contribution in [0.1, 0.15) is 12.8 Å². The minimum atomic E-state index is 0.518. The molecule has 24 heavy (non-hydrogen) atoms. The highest BCUT2D eigenvalue weighted by molar-refractivity contribution is 5.75. The molecule has 1 fully saturated rings. The Balaban J connectivity index is 1.45. The molecular formula is C19H21N5. The highest BCUT2D eigenvalue weighted by Crippen LogP contribution is 2.24. The minimum absolute atomic E-state index is 0.518. The zero-order valence-corrected chi connectivity index (χ0v) is 13.8. The molecule has 1 aliphatic heterocycles. The van der Waals surface area contributed by atoms with Crippen LogP contribution in [0.4, 0.5) is 11.6 Å². The fourth-order valence-electron chi connectivity index (χ4n) is 3.33. The standard InChI is InChI=1S/C19H21N5/c1-23(18-8-4-5-11-20-18)15-9-12-24(13-10-15)19-14-21-16-6-2-3-7-17(16)22-19/h2-8,11,14-15H,9-10,12-13H2,1H3. The highest BCUT2D eigenvalue weighted by atomic mass is 15.2. The topological polar surface area (TPSA) is 45.2 Å². The fraction of sp³-hybridized carbons (Fsp3) is 0.316. The Labute approximate surface area is 142 Å². The summed E-state index contributed by atoms with van der Waals surface area (Å²) < 4.78 is 0. The van der Waals surface area contributed by atoms with Crippen LogP contribution in [0.2, 0.25) is 0 Å². The van der Waals surface area contributed by atoms with Crippen LogP contribution in [0.5, 0.6) is 0 Å². The summed E-state index contributed by atoms with van der Waals surface area (Å²) in [6, 6.07) is 14.6. The zero-order valence-electron chi connectivity index (χ0n) is 13.8. The molecule has 5 heteroatoms. The van der Waals surface area contributed by atoms with Gasteiger partial charge in [-0.3, -0.25) is 4.98 Å². The maximum atomic E-state index is 4.76. The number of anilines is 2. The number of rotatable bonds is 3. The van der Waals surface area contributed by atoms with Crippen molar-refractivity contribution < 1.29 is 0 Å². The number of nitrogens with zero attached hydrogens (tertiary/aromatic N) is 5. The lowest BCUT2D eigenvalue weighted by Gasteiger charge is -2.37. The number of hydrogen-bond donors (Lipinski definition) is 0. The summed E-state index contributed by atoms with van der Waals surface area (Å²) in [7, 11) is 2.14. The van der Waals surface area contributed by atoms with E-state index in [1.807, 2.05) is 48.8 Å². The third-order valence-corrected chi connectivity index (χ3v) is 4.78. The van der Waals surface area contributed by atoms with Crippen molar-refractivity contribution in [3.8, 4) is 0 Å². The lowest BCUT2D eigenvalue weighted by atomic mass is 10.0. The lowest BCUT2D eigenvalue weighted by molar-refractivity contribution is 0.478. The van der Waals surface area contributed by atoms with Crippen molar-refractivity contribution in [2.45, 2.75) is 18.9 Å². The van der Waals surface area contributed by atoms with Gasteiger partial charge in [-0.05, 0) is 37.1 Å². The van der Waals surface area contributed by atoms with Gasteiger partial charge in [-0.15, -0.1) is 0 Å². The van der Waals surface area contributed by atoms with Crippen molar-refractivity contribution in [3.05, 3.63) is 54.9 Å². The molecule has 0 aliphatic carbocycles. The van der Waals surface area contributed by atoms with Gasteiger partial charge in [-0.2, -0.15) is 0 Å². The molecule has 2 aromatic heterocycles. The van der Waals surface area contributed by atoms with E-state index in [-0.39, 0.29) is 0 Å². The second-order valence-electron chi connectivity index (χ2n) is 6.23. The van der Waals surface area contributed by atoms with Gasteiger partial charge in [0, 0.05) is 32.4 Å². The number of piperidine rings is 1. The van der Waals surface area contributed by atoms with Gasteiger partial charge in [0.05, 0.1) is 17.2 Å². The quantitative estimate of drug-likeness (QED) is 0.742. The minimum Gasteiger partial charge on any atom is -0.357 e. The molecule has 3 heterocycles. The summed E-state index contributed by atoms with van der Waals surface area (Å²) >= 11 is 0. The Morgan fingerprint density at radius 2 is 1.71 bits per heavy atom. The first-order chi connectivity index (χ1) is 11.8. The van der Waals surface area contributed by atoms with Gasteiger partial charge in [0.15, 0.2) is 0 Å². The van der Waals surface area contributed by atoms with E-state index >= 15 is 0 Å². The van der Waals surface area contributed by atoms with E-state index in [0.29, 0.717) is 6.04 Å². The van der Waals surface area contributed by atoms with Crippen LogP contribution in [-0.4, -0.2) is 41.1 Å². The summed E-state index contributed by atoms with van der Waals surface area (Å²) in [6.45, 7) is 1.99. The molecule has 0 spiro atoms. The van der Waals surface area contributed by atoms with Crippen molar-refractivity contribution in [2.75, 3.05) is 29.9 Å². The van der Waals surface area contributed by atoms with Crippen LogP contribution in [0.15, 0.2) is 54.9 Å². The van der Waals surface area contributed by atoms with Crippen LogP contribution in [0, 0.1) is 0 Å². The zero-order chi connectivity index (χ0) is 16.4. The average molecular weight is 319 g/mol. The van der Waals surface area contributed by atoms with Gasteiger partial charge < -0.3 is 9.80 Å². The maximum absolute atomic E-state index is 4.76. The van der Waals surface area contributed by atoms with Crippen LogP contribution in [0.25, 0.3) is 11.0 Å². The Kier molecular flexibility index (Phi) is 3.99. The summed E-state index contributed by atoms with van der Waals surface area (Å²) in [4.78, 5) is 18.4. The first kappa shape index (κ1) is 14.9. The number of fused-ring (bicyclic) bond motifs is 1. The third-order valence-electron chi connectivity index (χ3n) is 4.78. The summed E-state index contributed by atoms with van der Waals surface area (Å²) in [5.41, 5.74) is 1.91. The van der Waals surface area contributed by atoms with E-state index in [1.54, 1.807) is 0 Å². The SMILES string of the molecule is CN(c1ccccn1)C1CCN(c2cnc3ccccc3n2)CC1. The number of hydrogen-bond acceptors (Lipinski definition) is 5. The van der Waals surface area contributed by atoms with Crippen molar-refractivity contribution in [1.82, 2.24) is 15.0 Å². The first-order valence-corrected chi connectivity index (χ1v) is 8.42. The van der Waals surface area contributed by atoms with Crippen molar-refractivity contribution >= 4 is 22.7 Å². The second-order valence-corrected chi connectivity index (χ2v) is 6.23. The van der Waals surface area contributed by atoms with Crippen LogP contribution in [-0.2, 0) is 0 Å². The van der Waals surface area contributed by atoms with E-state index in [4.69, 9.17) is 4.98 Å². The number of para-hydroxylation sites is 2. The molecule has 1 aromatic carbocycles. The molecular weight excluding hydrogens is 298 g/mol. The fourth-order valence-corrected chi connectivity index (χ4v) is 3.33. The van der Waals surface area contributed by atoms with E-state index in [2.05, 4.69) is 32.9 Å². The van der Waals surface area contributed by atoms with Gasteiger partial charge in [0.25, 0.3) is 0 Å². The Morgan fingerprint density at radius 3 is 2.46 bits per heavy atom. The molecule has 1 saturated heterocycles. The summed E-state index contributed by atoms with van der Waals surface area (Å²) in [5.74, 6) is 2.02. The molecule has 0 radical (unpaired) electrons. The summed E-state index contributed by atoms with van der Waals surface area (Å²) in [6.07, 6.45) is 5.94. The van der Waals surface area contributed by atoms with E-state index in [1.165, 1.54) is 0 Å². The van der Waals surface area contributed by atoms with Crippen molar-refractivity contribution in [3.63, 3.8) is 0 Å². The van der Waals surface area contributed by atoms with Crippen LogP contribution >= 0.6 is 0 Å². The maximum Gasteiger partial charge on any atom is 0.147 e. The lowest BCUT2D eigenvalue weighted by Crippen LogP contribution is -2.44. The van der Waals surface area contributed by atoms with Gasteiger partial charge in [-0.25, -0.2) is 9.97 Å². The molecule has 1 aliphatic rings. The molecule has 5 nitrogen and oxygen atoms in total. The molecule has 0 bridgehead atoms. The predicted molar refractivity (Wildman–Crippen MR) is 97.4 cm³/mol. The molecule has 0 saturated carbocycles. The van der Waals surface area contributed by atoms with Crippen molar-refractivity contribution in [1.29, 1.82) is 0 Å². The van der Waals surface area contributed by atoms with E-state index < -0.39 is 0 Å². The second kappa shape index (κ2) is 6.43. The third kappa shape index (κ3) is 2.89.